The van der Waals surface area contributed by atoms with E-state index in [0.717, 1.165) is 5.39 Å². The van der Waals surface area contributed by atoms with Crippen LogP contribution < -0.4 is 5.32 Å². The number of amides is 1. The summed E-state index contributed by atoms with van der Waals surface area (Å²) in [6.45, 7) is 2.55. The van der Waals surface area contributed by atoms with Crippen molar-refractivity contribution in [3.8, 4) is 0 Å². The Balaban J connectivity index is 2.32. The summed E-state index contributed by atoms with van der Waals surface area (Å²) in [4.78, 5) is 27.0. The summed E-state index contributed by atoms with van der Waals surface area (Å²) < 4.78 is 32.5. The number of hydrogen-bond acceptors (Lipinski definition) is 4. The minimum absolute atomic E-state index is 0.138. The van der Waals surface area contributed by atoms with E-state index in [1.165, 1.54) is 13.8 Å². The van der Waals surface area contributed by atoms with E-state index in [1.807, 2.05) is 0 Å². The first-order valence-corrected chi connectivity index (χ1v) is 7.50. The molecule has 128 valence electrons. The summed E-state index contributed by atoms with van der Waals surface area (Å²) in [7, 11) is 0. The van der Waals surface area contributed by atoms with E-state index in [0.29, 0.717) is 11.1 Å². The van der Waals surface area contributed by atoms with Gasteiger partial charge in [0.05, 0.1) is 18.2 Å². The van der Waals surface area contributed by atoms with E-state index in [2.05, 4.69) is 15.0 Å². The smallest absolute Gasteiger partial charge is 0.377 e. The van der Waals surface area contributed by atoms with Gasteiger partial charge in [-0.3, -0.25) is 9.78 Å². The summed E-state index contributed by atoms with van der Waals surface area (Å²) in [6.07, 6.45) is 0.749. The first-order chi connectivity index (χ1) is 11.3. The average molecular weight is 336 g/mol. The number of esters is 1. The lowest BCUT2D eigenvalue weighted by Crippen LogP contribution is -2.37. The fourth-order valence-corrected chi connectivity index (χ4v) is 2.38. The van der Waals surface area contributed by atoms with Crippen molar-refractivity contribution < 1.29 is 23.1 Å². The standard InChI is InChI=1S/C17H18F2N2O3/c1-3-24-16(23)17(18,19)10-15(21-11(2)22)13-6-7-14-12(9-13)5-4-8-20-14/h4-9,15H,3,10H2,1-2H3,(H,21,22). The lowest BCUT2D eigenvalue weighted by Gasteiger charge is -2.23. The highest BCUT2D eigenvalue weighted by molar-refractivity contribution is 5.80. The molecule has 0 bridgehead atoms. The quantitative estimate of drug-likeness (QED) is 0.824. The Morgan fingerprint density at radius 2 is 2.08 bits per heavy atom. The molecule has 2 aromatic rings. The monoisotopic (exact) mass is 336 g/mol. The topological polar surface area (TPSA) is 68.3 Å². The van der Waals surface area contributed by atoms with Gasteiger partial charge < -0.3 is 10.1 Å². The van der Waals surface area contributed by atoms with Gasteiger partial charge in [0.1, 0.15) is 0 Å². The molecule has 0 spiro atoms. The Kier molecular flexibility index (Phi) is 5.43. The number of nitrogens with zero attached hydrogens (tertiary/aromatic N) is 1. The fourth-order valence-electron chi connectivity index (χ4n) is 2.38. The number of fused-ring (bicyclic) bond motifs is 1. The van der Waals surface area contributed by atoms with Crippen LogP contribution in [0.4, 0.5) is 8.78 Å². The first kappa shape index (κ1) is 17.8. The van der Waals surface area contributed by atoms with Gasteiger partial charge in [-0.25, -0.2) is 4.79 Å². The van der Waals surface area contributed by atoms with Crippen molar-refractivity contribution >= 4 is 22.8 Å². The van der Waals surface area contributed by atoms with Gasteiger partial charge in [0, 0.05) is 24.9 Å². The molecule has 1 amide bonds. The average Bonchev–Trinajstić information content (AvgIpc) is 2.53. The van der Waals surface area contributed by atoms with Gasteiger partial charge in [0.25, 0.3) is 0 Å². The minimum Gasteiger partial charge on any atom is -0.462 e. The Hall–Kier alpha value is -2.57. The molecule has 2 rings (SSSR count). The van der Waals surface area contributed by atoms with E-state index in [9.17, 15) is 18.4 Å². The number of hydrogen-bond donors (Lipinski definition) is 1. The molecule has 0 fully saturated rings. The maximum absolute atomic E-state index is 14.1. The van der Waals surface area contributed by atoms with Crippen molar-refractivity contribution in [2.75, 3.05) is 6.61 Å². The third-order valence-electron chi connectivity index (χ3n) is 3.44. The molecule has 0 saturated heterocycles. The molecule has 1 unspecified atom stereocenters. The van der Waals surface area contributed by atoms with Crippen LogP contribution in [0.25, 0.3) is 10.9 Å². The number of alkyl halides is 2. The van der Waals surface area contributed by atoms with Crippen LogP contribution in [0.15, 0.2) is 36.5 Å². The van der Waals surface area contributed by atoms with Crippen LogP contribution in [0.5, 0.6) is 0 Å². The molecule has 1 aromatic carbocycles. The Morgan fingerprint density at radius 3 is 2.75 bits per heavy atom. The molecular formula is C17H18F2N2O3. The van der Waals surface area contributed by atoms with Gasteiger partial charge in [-0.05, 0) is 30.7 Å². The largest absolute Gasteiger partial charge is 0.462 e. The first-order valence-electron chi connectivity index (χ1n) is 7.50. The normalized spacial score (nSPS) is 12.7. The van der Waals surface area contributed by atoms with Crippen LogP contribution in [0, 0.1) is 0 Å². The molecule has 1 aromatic heterocycles. The SMILES string of the molecule is CCOC(=O)C(F)(F)CC(NC(C)=O)c1ccc2ncccc2c1. The molecule has 0 aliphatic heterocycles. The van der Waals surface area contributed by atoms with E-state index in [1.54, 1.807) is 36.5 Å². The van der Waals surface area contributed by atoms with Gasteiger partial charge in [0.15, 0.2) is 0 Å². The van der Waals surface area contributed by atoms with E-state index >= 15 is 0 Å². The second-order valence-corrected chi connectivity index (χ2v) is 5.34. The third kappa shape index (κ3) is 4.24. The van der Waals surface area contributed by atoms with Crippen molar-refractivity contribution in [2.24, 2.45) is 0 Å². The maximum atomic E-state index is 14.1. The predicted molar refractivity (Wildman–Crippen MR) is 84.5 cm³/mol. The molecular weight excluding hydrogens is 318 g/mol. The van der Waals surface area contributed by atoms with Crippen LogP contribution in [-0.2, 0) is 14.3 Å². The summed E-state index contributed by atoms with van der Waals surface area (Å²) in [5.41, 5.74) is 1.18. The second-order valence-electron chi connectivity index (χ2n) is 5.34. The molecule has 1 atom stereocenters. The number of pyridine rings is 1. The lowest BCUT2D eigenvalue weighted by atomic mass is 9.98. The zero-order valence-electron chi connectivity index (χ0n) is 13.4. The predicted octanol–water partition coefficient (Wildman–Crippen LogP) is 3.00. The number of carbonyl (C=O) groups excluding carboxylic acids is 2. The molecule has 0 radical (unpaired) electrons. The fraction of sp³-hybridized carbons (Fsp3) is 0.353. The van der Waals surface area contributed by atoms with Crippen LogP contribution in [0.3, 0.4) is 0 Å². The van der Waals surface area contributed by atoms with Crippen LogP contribution >= 0.6 is 0 Å². The van der Waals surface area contributed by atoms with E-state index in [4.69, 9.17) is 0 Å². The zero-order chi connectivity index (χ0) is 17.7. The lowest BCUT2D eigenvalue weighted by molar-refractivity contribution is -0.173. The van der Waals surface area contributed by atoms with Crippen molar-refractivity contribution in [3.63, 3.8) is 0 Å². The molecule has 1 heterocycles. The molecule has 0 aliphatic carbocycles. The number of benzene rings is 1. The number of nitrogens with one attached hydrogen (secondary N) is 1. The molecule has 5 nitrogen and oxygen atoms in total. The number of ether oxygens (including phenoxy) is 1. The molecule has 0 aliphatic rings. The summed E-state index contributed by atoms with van der Waals surface area (Å²) in [5, 5.41) is 3.22. The van der Waals surface area contributed by atoms with Crippen molar-refractivity contribution in [1.82, 2.24) is 10.3 Å². The Bertz CT molecular complexity index is 749. The summed E-state index contributed by atoms with van der Waals surface area (Å²) >= 11 is 0. The van der Waals surface area contributed by atoms with Crippen molar-refractivity contribution in [1.29, 1.82) is 0 Å². The molecule has 24 heavy (non-hydrogen) atoms. The number of carbonyl (C=O) groups is 2. The van der Waals surface area contributed by atoms with Crippen molar-refractivity contribution in [3.05, 3.63) is 42.1 Å². The van der Waals surface area contributed by atoms with Gasteiger partial charge in [-0.15, -0.1) is 0 Å². The van der Waals surface area contributed by atoms with Crippen LogP contribution in [0.2, 0.25) is 0 Å². The van der Waals surface area contributed by atoms with Gasteiger partial charge in [-0.1, -0.05) is 12.1 Å². The number of aromatic nitrogens is 1. The number of rotatable bonds is 6. The van der Waals surface area contributed by atoms with Crippen LogP contribution in [0.1, 0.15) is 31.9 Å². The third-order valence-corrected chi connectivity index (χ3v) is 3.44. The Labute approximate surface area is 138 Å². The van der Waals surface area contributed by atoms with Crippen LogP contribution in [-0.4, -0.2) is 29.4 Å². The highest BCUT2D eigenvalue weighted by Crippen LogP contribution is 2.31. The summed E-state index contributed by atoms with van der Waals surface area (Å²) in [5.74, 6) is -5.76. The van der Waals surface area contributed by atoms with Crippen molar-refractivity contribution in [2.45, 2.75) is 32.2 Å². The van der Waals surface area contributed by atoms with Gasteiger partial charge in [0.2, 0.25) is 5.91 Å². The minimum atomic E-state index is -3.70. The second kappa shape index (κ2) is 7.33. The molecule has 1 N–H and O–H groups in total. The van der Waals surface area contributed by atoms with Gasteiger partial charge in [-0.2, -0.15) is 8.78 Å². The summed E-state index contributed by atoms with van der Waals surface area (Å²) in [6, 6.07) is 7.46. The number of halogens is 2. The highest BCUT2D eigenvalue weighted by Gasteiger charge is 2.43. The molecule has 0 saturated carbocycles. The zero-order valence-corrected chi connectivity index (χ0v) is 13.4. The van der Waals surface area contributed by atoms with E-state index < -0.39 is 30.3 Å². The molecule has 7 heteroatoms. The van der Waals surface area contributed by atoms with Gasteiger partial charge >= 0.3 is 11.9 Å². The Morgan fingerprint density at radius 1 is 1.33 bits per heavy atom. The maximum Gasteiger partial charge on any atom is 0.377 e. The van der Waals surface area contributed by atoms with E-state index in [-0.39, 0.29) is 6.61 Å². The highest BCUT2D eigenvalue weighted by atomic mass is 19.3.